The molecule has 0 aliphatic rings. The highest BCUT2D eigenvalue weighted by Crippen LogP contribution is 2.37. The molecule has 2 aromatic carbocycles. The van der Waals surface area contributed by atoms with Crippen molar-refractivity contribution in [1.82, 2.24) is 9.13 Å². The van der Waals surface area contributed by atoms with Crippen molar-refractivity contribution in [2.45, 2.75) is 11.0 Å². The van der Waals surface area contributed by atoms with Gasteiger partial charge < -0.3 is 0 Å². The van der Waals surface area contributed by atoms with Crippen molar-refractivity contribution < 1.29 is 0 Å². The molecule has 0 saturated carbocycles. The maximum atomic E-state index is 12.1. The quantitative estimate of drug-likeness (QED) is 0.709. The van der Waals surface area contributed by atoms with Gasteiger partial charge in [0, 0.05) is 31.6 Å². The van der Waals surface area contributed by atoms with Crippen LogP contribution in [0.15, 0.2) is 76.3 Å². The van der Waals surface area contributed by atoms with E-state index in [0.29, 0.717) is 5.75 Å². The lowest BCUT2D eigenvalue weighted by molar-refractivity contribution is 0.665. The fraction of sp³-hybridized carbons (Fsp3) is 0.200. The molecule has 25 heavy (non-hydrogen) atoms. The van der Waals surface area contributed by atoms with Crippen LogP contribution >= 0.6 is 11.8 Å². The minimum Gasteiger partial charge on any atom is -0.300 e. The van der Waals surface area contributed by atoms with E-state index in [9.17, 15) is 9.59 Å². The zero-order valence-corrected chi connectivity index (χ0v) is 15.1. The number of thioether (sulfide) groups is 1. The van der Waals surface area contributed by atoms with Crippen LogP contribution in [0.4, 0.5) is 0 Å². The second-order valence-corrected chi connectivity index (χ2v) is 6.98. The Bertz CT molecular complexity index is 923. The van der Waals surface area contributed by atoms with Crippen LogP contribution in [0.3, 0.4) is 0 Å². The number of rotatable bonds is 5. The van der Waals surface area contributed by atoms with Crippen molar-refractivity contribution in [3.8, 4) is 0 Å². The molecule has 3 rings (SSSR count). The van der Waals surface area contributed by atoms with Crippen molar-refractivity contribution in [3.05, 3.63) is 104 Å². The summed E-state index contributed by atoms with van der Waals surface area (Å²) in [6.07, 6.45) is 0. The van der Waals surface area contributed by atoms with E-state index in [1.807, 2.05) is 36.4 Å². The van der Waals surface area contributed by atoms with Crippen LogP contribution in [0, 0.1) is 0 Å². The van der Waals surface area contributed by atoms with E-state index in [4.69, 9.17) is 0 Å². The Balaban J connectivity index is 1.93. The van der Waals surface area contributed by atoms with Gasteiger partial charge in [0.25, 0.3) is 5.56 Å². The van der Waals surface area contributed by atoms with E-state index in [1.165, 1.54) is 18.2 Å². The summed E-state index contributed by atoms with van der Waals surface area (Å²) in [7, 11) is 3.20. The van der Waals surface area contributed by atoms with Crippen LogP contribution in [0.1, 0.15) is 22.1 Å². The molecular weight excluding hydrogens is 332 g/mol. The average Bonchev–Trinajstić information content (AvgIpc) is 2.66. The number of benzene rings is 2. The van der Waals surface area contributed by atoms with Crippen LogP contribution in [0.25, 0.3) is 0 Å². The molecule has 1 aromatic heterocycles. The molecule has 0 amide bonds. The maximum Gasteiger partial charge on any atom is 0.330 e. The molecule has 0 fully saturated rings. The number of aromatic nitrogens is 2. The van der Waals surface area contributed by atoms with Gasteiger partial charge in [-0.15, -0.1) is 11.8 Å². The third kappa shape index (κ3) is 3.77. The Morgan fingerprint density at radius 2 is 1.36 bits per heavy atom. The van der Waals surface area contributed by atoms with Gasteiger partial charge in [-0.2, -0.15) is 0 Å². The lowest BCUT2D eigenvalue weighted by Gasteiger charge is -2.18. The van der Waals surface area contributed by atoms with Crippen molar-refractivity contribution in [2.24, 2.45) is 14.1 Å². The molecule has 0 bridgehead atoms. The van der Waals surface area contributed by atoms with Gasteiger partial charge in [0.05, 0.1) is 5.25 Å². The largest absolute Gasteiger partial charge is 0.330 e. The first-order chi connectivity index (χ1) is 12.1. The maximum absolute atomic E-state index is 12.1. The predicted octanol–water partition coefficient (Wildman–Crippen LogP) is 3.11. The first-order valence-electron chi connectivity index (χ1n) is 8.05. The monoisotopic (exact) mass is 352 g/mol. The normalized spacial score (nSPS) is 11.0. The lowest BCUT2D eigenvalue weighted by Crippen LogP contribution is -2.37. The minimum atomic E-state index is -0.293. The molecule has 0 aliphatic carbocycles. The highest BCUT2D eigenvalue weighted by molar-refractivity contribution is 7.98. The van der Waals surface area contributed by atoms with E-state index in [2.05, 4.69) is 24.3 Å². The summed E-state index contributed by atoms with van der Waals surface area (Å²) in [5, 5.41) is 0.140. The smallest absolute Gasteiger partial charge is 0.300 e. The first kappa shape index (κ1) is 17.3. The number of hydrogen-bond donors (Lipinski definition) is 0. The van der Waals surface area contributed by atoms with E-state index >= 15 is 0 Å². The van der Waals surface area contributed by atoms with E-state index in [-0.39, 0.29) is 16.5 Å². The topological polar surface area (TPSA) is 44.0 Å². The summed E-state index contributed by atoms with van der Waals surface area (Å²) in [6, 6.07) is 22.1. The fourth-order valence-corrected chi connectivity index (χ4v) is 4.04. The summed E-state index contributed by atoms with van der Waals surface area (Å²) in [4.78, 5) is 24.0. The van der Waals surface area contributed by atoms with E-state index in [1.54, 1.807) is 29.4 Å². The van der Waals surface area contributed by atoms with Crippen LogP contribution in [-0.4, -0.2) is 9.13 Å². The zero-order valence-electron chi connectivity index (χ0n) is 14.3. The first-order valence-corrected chi connectivity index (χ1v) is 9.10. The Kier molecular flexibility index (Phi) is 5.24. The van der Waals surface area contributed by atoms with Gasteiger partial charge in [0.1, 0.15) is 0 Å². The van der Waals surface area contributed by atoms with E-state index in [0.717, 1.165) is 10.3 Å². The summed E-state index contributed by atoms with van der Waals surface area (Å²) in [5.74, 6) is 0.580. The van der Waals surface area contributed by atoms with Crippen LogP contribution in [-0.2, 0) is 19.8 Å². The third-order valence-electron chi connectivity index (χ3n) is 4.23. The van der Waals surface area contributed by atoms with Gasteiger partial charge >= 0.3 is 5.69 Å². The SMILES string of the molecule is Cn1c(CSC(c2ccccc2)c2ccccc2)cc(=O)n(C)c1=O. The number of hydrogen-bond acceptors (Lipinski definition) is 3. The Labute approximate surface area is 150 Å². The molecule has 0 radical (unpaired) electrons. The molecule has 0 atom stereocenters. The van der Waals surface area contributed by atoms with Gasteiger partial charge in [-0.25, -0.2) is 4.79 Å². The van der Waals surface area contributed by atoms with Crippen molar-refractivity contribution in [2.75, 3.05) is 0 Å². The molecule has 4 nitrogen and oxygen atoms in total. The summed E-state index contributed by atoms with van der Waals surface area (Å²) < 4.78 is 2.67. The summed E-state index contributed by atoms with van der Waals surface area (Å²) in [5.41, 5.74) is 2.57. The minimum absolute atomic E-state index is 0.140. The lowest BCUT2D eigenvalue weighted by atomic mass is 10.0. The van der Waals surface area contributed by atoms with Gasteiger partial charge in [0.2, 0.25) is 0 Å². The van der Waals surface area contributed by atoms with Crippen molar-refractivity contribution in [3.63, 3.8) is 0 Å². The zero-order chi connectivity index (χ0) is 17.8. The van der Waals surface area contributed by atoms with Gasteiger partial charge in [-0.3, -0.25) is 13.9 Å². The Morgan fingerprint density at radius 3 is 1.88 bits per heavy atom. The highest BCUT2D eigenvalue weighted by atomic mass is 32.2. The van der Waals surface area contributed by atoms with Crippen LogP contribution in [0.5, 0.6) is 0 Å². The molecule has 0 unspecified atom stereocenters. The molecule has 0 spiro atoms. The molecule has 0 N–H and O–H groups in total. The van der Waals surface area contributed by atoms with E-state index < -0.39 is 0 Å². The molecule has 5 heteroatoms. The van der Waals surface area contributed by atoms with Crippen LogP contribution in [0.2, 0.25) is 0 Å². The summed E-state index contributed by atoms with van der Waals surface area (Å²) >= 11 is 1.71. The Hall–Kier alpha value is -2.53. The summed E-state index contributed by atoms with van der Waals surface area (Å²) in [6.45, 7) is 0. The average molecular weight is 352 g/mol. The molecule has 3 aromatic rings. The second-order valence-electron chi connectivity index (χ2n) is 5.89. The van der Waals surface area contributed by atoms with Gasteiger partial charge in [-0.1, -0.05) is 60.7 Å². The standard InChI is InChI=1S/C20H20N2O2S/c1-21-17(13-18(23)22(2)20(21)24)14-25-19(15-9-5-3-6-10-15)16-11-7-4-8-12-16/h3-13,19H,14H2,1-2H3. The predicted molar refractivity (Wildman–Crippen MR) is 103 cm³/mol. The molecule has 0 aliphatic heterocycles. The fourth-order valence-electron chi connectivity index (χ4n) is 2.73. The molecular formula is C20H20N2O2S. The third-order valence-corrected chi connectivity index (χ3v) is 5.57. The van der Waals surface area contributed by atoms with Gasteiger partial charge in [-0.05, 0) is 11.1 Å². The highest BCUT2D eigenvalue weighted by Gasteiger charge is 2.16. The molecule has 0 saturated heterocycles. The van der Waals surface area contributed by atoms with Crippen LogP contribution < -0.4 is 11.2 Å². The van der Waals surface area contributed by atoms with Gasteiger partial charge in [0.15, 0.2) is 0 Å². The number of nitrogens with zero attached hydrogens (tertiary/aromatic N) is 2. The van der Waals surface area contributed by atoms with Crippen molar-refractivity contribution in [1.29, 1.82) is 0 Å². The molecule has 1 heterocycles. The molecule has 128 valence electrons. The Morgan fingerprint density at radius 1 is 0.840 bits per heavy atom. The second kappa shape index (κ2) is 7.57. The van der Waals surface area contributed by atoms with Crippen molar-refractivity contribution >= 4 is 11.8 Å².